The number of carbonyl (C=O) groups is 1. The number of fused-ring (bicyclic) bond motifs is 1. The van der Waals surface area contributed by atoms with Gasteiger partial charge in [0.05, 0.1) is 50.1 Å². The molecular formula is C35H43N3O7. The minimum absolute atomic E-state index is 0.0883. The number of H-pyrrole nitrogens is 2. The number of amides is 1. The maximum Gasteiger partial charge on any atom is 0.410 e. The molecule has 1 aliphatic heterocycles. The van der Waals surface area contributed by atoms with Gasteiger partial charge in [0.2, 0.25) is 0 Å². The van der Waals surface area contributed by atoms with E-state index in [1.807, 2.05) is 51.1 Å². The van der Waals surface area contributed by atoms with E-state index in [-0.39, 0.29) is 23.8 Å². The number of rotatable bonds is 13. The highest BCUT2D eigenvalue weighted by Gasteiger charge is 2.35. The largest absolute Gasteiger partial charge is 0.494 e. The fraction of sp³-hybridized carbons (Fsp3) is 0.429. The van der Waals surface area contributed by atoms with Gasteiger partial charge in [0.15, 0.2) is 0 Å². The first-order valence-corrected chi connectivity index (χ1v) is 15.5. The van der Waals surface area contributed by atoms with Crippen LogP contribution in [0.4, 0.5) is 4.79 Å². The van der Waals surface area contributed by atoms with Crippen LogP contribution in [0.3, 0.4) is 0 Å². The summed E-state index contributed by atoms with van der Waals surface area (Å²) >= 11 is 0. The first kappa shape index (κ1) is 32.1. The summed E-state index contributed by atoms with van der Waals surface area (Å²) in [5, 5.41) is 0. The molecule has 0 aliphatic carbocycles. The summed E-state index contributed by atoms with van der Waals surface area (Å²) in [6, 6.07) is 23.6. The second-order valence-corrected chi connectivity index (χ2v) is 12.2. The molecule has 10 heteroatoms. The number of ether oxygens (including phenoxy) is 5. The molecule has 0 bridgehead atoms. The number of aromatic nitrogens is 2. The van der Waals surface area contributed by atoms with Gasteiger partial charge in [-0.2, -0.15) is 0 Å². The Labute approximate surface area is 263 Å². The number of nitrogens with zero attached hydrogens (tertiary/aromatic N) is 1. The summed E-state index contributed by atoms with van der Waals surface area (Å²) in [5.74, 6) is 1.53. The lowest BCUT2D eigenvalue weighted by atomic mass is 9.87. The van der Waals surface area contributed by atoms with Crippen LogP contribution in [0.25, 0.3) is 11.0 Å². The molecule has 3 aromatic carbocycles. The fourth-order valence-corrected chi connectivity index (χ4v) is 5.35. The molecule has 2 N–H and O–H groups in total. The molecule has 5 rings (SSSR count). The first-order valence-electron chi connectivity index (χ1n) is 15.5. The Bertz CT molecular complexity index is 1560. The summed E-state index contributed by atoms with van der Waals surface area (Å²) in [4.78, 5) is 31.6. The number of carbonyl (C=O) groups excluding carboxylic acids is 1. The molecule has 2 unspecified atom stereocenters. The zero-order valence-electron chi connectivity index (χ0n) is 26.3. The van der Waals surface area contributed by atoms with Crippen LogP contribution >= 0.6 is 0 Å². The molecule has 10 nitrogen and oxygen atoms in total. The van der Waals surface area contributed by atoms with E-state index in [9.17, 15) is 9.59 Å². The Balaban J connectivity index is 1.13. The minimum Gasteiger partial charge on any atom is -0.494 e. The molecule has 240 valence electrons. The van der Waals surface area contributed by atoms with E-state index in [2.05, 4.69) is 34.2 Å². The van der Waals surface area contributed by atoms with Gasteiger partial charge in [-0.3, -0.25) is 0 Å². The highest BCUT2D eigenvalue weighted by atomic mass is 16.6. The fourth-order valence-electron chi connectivity index (χ4n) is 5.35. The second kappa shape index (κ2) is 15.1. The first-order chi connectivity index (χ1) is 21.7. The Morgan fingerprint density at radius 3 is 2.38 bits per heavy atom. The van der Waals surface area contributed by atoms with Crippen molar-refractivity contribution in [3.63, 3.8) is 0 Å². The van der Waals surface area contributed by atoms with Crippen molar-refractivity contribution in [2.24, 2.45) is 0 Å². The smallest absolute Gasteiger partial charge is 0.410 e. The van der Waals surface area contributed by atoms with Crippen LogP contribution in [-0.4, -0.2) is 72.2 Å². The van der Waals surface area contributed by atoms with Crippen LogP contribution in [0.2, 0.25) is 0 Å². The van der Waals surface area contributed by atoms with E-state index < -0.39 is 5.60 Å². The third-order valence-corrected chi connectivity index (χ3v) is 7.50. The molecule has 1 amide bonds. The average Bonchev–Trinajstić information content (AvgIpc) is 3.40. The molecular weight excluding hydrogens is 574 g/mol. The molecule has 2 atom stereocenters. The van der Waals surface area contributed by atoms with Crippen molar-refractivity contribution >= 4 is 17.1 Å². The maximum absolute atomic E-state index is 12.9. The van der Waals surface area contributed by atoms with Crippen LogP contribution in [0, 0.1) is 0 Å². The molecule has 1 fully saturated rings. The van der Waals surface area contributed by atoms with Crippen LogP contribution < -0.4 is 15.2 Å². The summed E-state index contributed by atoms with van der Waals surface area (Å²) in [6.07, 6.45) is 0.955. The molecule has 0 spiro atoms. The van der Waals surface area contributed by atoms with Crippen molar-refractivity contribution in [1.29, 1.82) is 0 Å². The topological polar surface area (TPSA) is 115 Å². The molecule has 2 heterocycles. The predicted molar refractivity (Wildman–Crippen MR) is 172 cm³/mol. The minimum atomic E-state index is -0.577. The highest BCUT2D eigenvalue weighted by molar-refractivity contribution is 5.75. The number of imidazole rings is 1. The molecule has 1 aromatic heterocycles. The van der Waals surface area contributed by atoms with Gasteiger partial charge in [0.25, 0.3) is 0 Å². The summed E-state index contributed by atoms with van der Waals surface area (Å²) in [6.45, 7) is 9.04. The lowest BCUT2D eigenvalue weighted by Gasteiger charge is -2.39. The van der Waals surface area contributed by atoms with Gasteiger partial charge in [-0.05, 0) is 62.6 Å². The zero-order valence-corrected chi connectivity index (χ0v) is 26.3. The SMILES string of the molecule is CC(C)(C)OC(=O)N1CCC(c2ccc(OCCCOCc3ccccc3)cc2)C(OCCOc2ccc3[nH]c(=O)[nH]c3c2)C1. The monoisotopic (exact) mass is 617 g/mol. The van der Waals surface area contributed by atoms with Gasteiger partial charge in [-0.1, -0.05) is 42.5 Å². The molecule has 4 aromatic rings. The van der Waals surface area contributed by atoms with E-state index in [0.29, 0.717) is 57.4 Å². The number of nitrogens with one attached hydrogen (secondary N) is 2. The number of likely N-dealkylation sites (tertiary alicyclic amines) is 1. The molecule has 0 radical (unpaired) electrons. The van der Waals surface area contributed by atoms with E-state index in [1.165, 1.54) is 0 Å². The number of piperidine rings is 1. The average molecular weight is 618 g/mol. The van der Waals surface area contributed by atoms with Gasteiger partial charge in [0.1, 0.15) is 23.7 Å². The number of hydrogen-bond acceptors (Lipinski definition) is 7. The van der Waals surface area contributed by atoms with Gasteiger partial charge in [0, 0.05) is 24.9 Å². The summed E-state index contributed by atoms with van der Waals surface area (Å²) < 4.78 is 29.6. The molecule has 1 aliphatic rings. The number of aromatic amines is 2. The van der Waals surface area contributed by atoms with Crippen molar-refractivity contribution in [1.82, 2.24) is 14.9 Å². The lowest BCUT2D eigenvalue weighted by Crippen LogP contribution is -2.48. The molecule has 1 saturated heterocycles. The number of benzene rings is 3. The third kappa shape index (κ3) is 9.60. The van der Waals surface area contributed by atoms with Crippen LogP contribution in [0.5, 0.6) is 11.5 Å². The van der Waals surface area contributed by atoms with Crippen LogP contribution in [0.1, 0.15) is 50.7 Å². The van der Waals surface area contributed by atoms with Crippen molar-refractivity contribution < 1.29 is 28.5 Å². The Morgan fingerprint density at radius 1 is 0.867 bits per heavy atom. The van der Waals surface area contributed by atoms with Gasteiger partial charge in [-0.25, -0.2) is 9.59 Å². The second-order valence-electron chi connectivity index (χ2n) is 12.2. The third-order valence-electron chi connectivity index (χ3n) is 7.50. The lowest BCUT2D eigenvalue weighted by molar-refractivity contribution is -0.0358. The van der Waals surface area contributed by atoms with E-state index in [1.54, 1.807) is 23.1 Å². The van der Waals surface area contributed by atoms with E-state index >= 15 is 0 Å². The van der Waals surface area contributed by atoms with Crippen molar-refractivity contribution in [2.75, 3.05) is 39.5 Å². The maximum atomic E-state index is 12.9. The molecule has 0 saturated carbocycles. The van der Waals surface area contributed by atoms with Crippen molar-refractivity contribution in [3.8, 4) is 11.5 Å². The van der Waals surface area contributed by atoms with Gasteiger partial charge in [-0.15, -0.1) is 0 Å². The van der Waals surface area contributed by atoms with Crippen molar-refractivity contribution in [2.45, 2.75) is 57.8 Å². The van der Waals surface area contributed by atoms with Crippen LogP contribution in [0.15, 0.2) is 77.6 Å². The Hall–Kier alpha value is -4.28. The predicted octanol–water partition coefficient (Wildman–Crippen LogP) is 6.03. The molecule has 45 heavy (non-hydrogen) atoms. The quantitative estimate of drug-likeness (QED) is 0.176. The van der Waals surface area contributed by atoms with E-state index in [4.69, 9.17) is 23.7 Å². The summed E-state index contributed by atoms with van der Waals surface area (Å²) in [7, 11) is 0. The van der Waals surface area contributed by atoms with Gasteiger partial charge < -0.3 is 38.6 Å². The standard InChI is InChI=1S/C35H43N3O7/c1-35(2,3)45-34(40)38-17-16-29(32(23-38)44-21-20-43-28-14-15-30-31(22-28)37-33(39)36-30)26-10-12-27(13-11-26)42-19-7-18-41-24-25-8-5-4-6-9-25/h4-6,8-15,22,29,32H,7,16-21,23-24H2,1-3H3,(H2,36,37,39). The number of hydrogen-bond donors (Lipinski definition) is 2. The highest BCUT2D eigenvalue weighted by Crippen LogP contribution is 2.32. The Morgan fingerprint density at radius 2 is 1.60 bits per heavy atom. The van der Waals surface area contributed by atoms with Gasteiger partial charge >= 0.3 is 11.8 Å². The van der Waals surface area contributed by atoms with E-state index in [0.717, 1.165) is 35.2 Å². The Kier molecular flexibility index (Phi) is 10.8. The van der Waals surface area contributed by atoms with Crippen molar-refractivity contribution in [3.05, 3.63) is 94.4 Å². The normalized spacial score (nSPS) is 16.9. The van der Waals surface area contributed by atoms with Crippen LogP contribution in [-0.2, 0) is 20.8 Å². The zero-order chi connectivity index (χ0) is 31.6. The summed E-state index contributed by atoms with van der Waals surface area (Å²) in [5.41, 5.74) is 2.86.